The SMILES string of the molecule is O=c1c2ccccc2sc2cc(Cl)cc(Oc3cc(Cl)cc(Cl)c3)c12. The molecule has 3 aromatic carbocycles. The normalized spacial score (nSPS) is 11.2. The van der Waals surface area contributed by atoms with Gasteiger partial charge in [0.1, 0.15) is 11.5 Å². The molecule has 1 heterocycles. The van der Waals surface area contributed by atoms with Gasteiger partial charge in [0.25, 0.3) is 0 Å². The van der Waals surface area contributed by atoms with E-state index in [0.717, 1.165) is 9.40 Å². The first kappa shape index (κ1) is 16.7. The Morgan fingerprint density at radius 1 is 0.800 bits per heavy atom. The van der Waals surface area contributed by atoms with Crippen LogP contribution in [0.5, 0.6) is 11.5 Å². The number of benzene rings is 3. The van der Waals surface area contributed by atoms with E-state index in [4.69, 9.17) is 39.5 Å². The molecule has 0 radical (unpaired) electrons. The van der Waals surface area contributed by atoms with Crippen LogP contribution in [0.15, 0.2) is 59.4 Å². The highest BCUT2D eigenvalue weighted by Crippen LogP contribution is 2.36. The van der Waals surface area contributed by atoms with Gasteiger partial charge in [0.05, 0.1) is 5.39 Å². The average Bonchev–Trinajstić information content (AvgIpc) is 2.53. The lowest BCUT2D eigenvalue weighted by Gasteiger charge is -2.11. The van der Waals surface area contributed by atoms with Crippen molar-refractivity contribution in [2.45, 2.75) is 0 Å². The van der Waals surface area contributed by atoms with Crippen LogP contribution in [0.3, 0.4) is 0 Å². The topological polar surface area (TPSA) is 26.3 Å². The molecular formula is C19H9Cl3O2S. The van der Waals surface area contributed by atoms with Gasteiger partial charge in [-0.3, -0.25) is 4.79 Å². The highest BCUT2D eigenvalue weighted by molar-refractivity contribution is 7.24. The zero-order chi connectivity index (χ0) is 17.6. The zero-order valence-electron chi connectivity index (χ0n) is 12.6. The summed E-state index contributed by atoms with van der Waals surface area (Å²) in [6.45, 7) is 0. The van der Waals surface area contributed by atoms with Crippen molar-refractivity contribution in [2.75, 3.05) is 0 Å². The molecule has 0 bridgehead atoms. The predicted octanol–water partition coefficient (Wildman–Crippen LogP) is 7.17. The van der Waals surface area contributed by atoms with Crippen molar-refractivity contribution in [3.63, 3.8) is 0 Å². The molecule has 0 aliphatic heterocycles. The van der Waals surface area contributed by atoms with Gasteiger partial charge in [0, 0.05) is 35.9 Å². The van der Waals surface area contributed by atoms with E-state index >= 15 is 0 Å². The quantitative estimate of drug-likeness (QED) is 0.329. The highest BCUT2D eigenvalue weighted by Gasteiger charge is 2.14. The fourth-order valence-electron chi connectivity index (χ4n) is 2.65. The van der Waals surface area contributed by atoms with Crippen LogP contribution in [0.4, 0.5) is 0 Å². The van der Waals surface area contributed by atoms with Crippen molar-refractivity contribution < 1.29 is 4.74 Å². The van der Waals surface area contributed by atoms with Gasteiger partial charge in [-0.1, -0.05) is 46.9 Å². The van der Waals surface area contributed by atoms with E-state index < -0.39 is 0 Å². The summed E-state index contributed by atoms with van der Waals surface area (Å²) in [6, 6.07) is 15.7. The number of hydrogen-bond acceptors (Lipinski definition) is 3. The maximum absolute atomic E-state index is 13.0. The van der Waals surface area contributed by atoms with Crippen LogP contribution in [0.1, 0.15) is 0 Å². The first-order valence-electron chi connectivity index (χ1n) is 7.30. The summed E-state index contributed by atoms with van der Waals surface area (Å²) >= 11 is 19.8. The summed E-state index contributed by atoms with van der Waals surface area (Å²) in [4.78, 5) is 13.0. The Hall–Kier alpha value is -1.78. The van der Waals surface area contributed by atoms with Crippen LogP contribution < -0.4 is 10.2 Å². The summed E-state index contributed by atoms with van der Waals surface area (Å²) in [7, 11) is 0. The Labute approximate surface area is 162 Å². The minimum absolute atomic E-state index is 0.0934. The number of ether oxygens (including phenoxy) is 1. The molecule has 1 aromatic heterocycles. The molecule has 124 valence electrons. The van der Waals surface area contributed by atoms with Gasteiger partial charge in [-0.25, -0.2) is 0 Å². The smallest absolute Gasteiger partial charge is 0.199 e. The molecule has 0 unspecified atom stereocenters. The fourth-order valence-corrected chi connectivity index (χ4v) is 4.57. The molecule has 0 amide bonds. The summed E-state index contributed by atoms with van der Waals surface area (Å²) in [5.41, 5.74) is -0.0934. The second-order valence-corrected chi connectivity index (χ2v) is 7.80. The van der Waals surface area contributed by atoms with Crippen molar-refractivity contribution in [3.05, 3.63) is 79.9 Å². The van der Waals surface area contributed by atoms with Gasteiger partial charge in [0.2, 0.25) is 0 Å². The van der Waals surface area contributed by atoms with Crippen LogP contribution in [-0.4, -0.2) is 0 Å². The van der Waals surface area contributed by atoms with E-state index in [1.165, 1.54) is 11.3 Å². The maximum atomic E-state index is 13.0. The van der Waals surface area contributed by atoms with Gasteiger partial charge >= 0.3 is 0 Å². The van der Waals surface area contributed by atoms with Gasteiger partial charge in [-0.15, -0.1) is 11.3 Å². The third kappa shape index (κ3) is 3.21. The van der Waals surface area contributed by atoms with Crippen molar-refractivity contribution in [3.8, 4) is 11.5 Å². The molecule has 2 nitrogen and oxygen atoms in total. The fraction of sp³-hybridized carbons (Fsp3) is 0. The first-order valence-corrected chi connectivity index (χ1v) is 9.25. The van der Waals surface area contributed by atoms with Crippen LogP contribution in [-0.2, 0) is 0 Å². The summed E-state index contributed by atoms with van der Waals surface area (Å²) < 4.78 is 7.58. The molecule has 0 fully saturated rings. The third-order valence-electron chi connectivity index (χ3n) is 3.67. The number of hydrogen-bond donors (Lipinski definition) is 0. The van der Waals surface area contributed by atoms with E-state index in [1.54, 1.807) is 30.3 Å². The zero-order valence-corrected chi connectivity index (χ0v) is 15.6. The maximum Gasteiger partial charge on any atom is 0.199 e. The first-order chi connectivity index (χ1) is 12.0. The average molecular weight is 408 g/mol. The van der Waals surface area contributed by atoms with Gasteiger partial charge in [-0.05, 0) is 36.4 Å². The Balaban J connectivity index is 1.99. The van der Waals surface area contributed by atoms with Crippen molar-refractivity contribution in [2.24, 2.45) is 0 Å². The lowest BCUT2D eigenvalue weighted by molar-refractivity contribution is 0.488. The van der Waals surface area contributed by atoms with E-state index in [-0.39, 0.29) is 5.43 Å². The number of rotatable bonds is 2. The molecule has 0 atom stereocenters. The molecule has 4 aromatic rings. The molecule has 0 aliphatic carbocycles. The molecule has 0 aliphatic rings. The standard InChI is InChI=1S/C19H9Cl3O2S/c20-10-5-11(21)7-13(6-10)24-15-8-12(22)9-17-18(15)19(23)14-3-1-2-4-16(14)25-17/h1-9H. The lowest BCUT2D eigenvalue weighted by atomic mass is 10.1. The molecule has 4 rings (SSSR count). The third-order valence-corrected chi connectivity index (χ3v) is 5.45. The number of halogens is 3. The minimum atomic E-state index is -0.0934. The van der Waals surface area contributed by atoms with E-state index in [2.05, 4.69) is 0 Å². The molecule has 0 saturated carbocycles. The van der Waals surface area contributed by atoms with E-state index in [9.17, 15) is 4.79 Å². The van der Waals surface area contributed by atoms with Crippen LogP contribution in [0.25, 0.3) is 20.2 Å². The van der Waals surface area contributed by atoms with Gasteiger partial charge in [-0.2, -0.15) is 0 Å². The lowest BCUT2D eigenvalue weighted by Crippen LogP contribution is -2.03. The molecule has 0 N–H and O–H groups in total. The largest absolute Gasteiger partial charge is 0.456 e. The van der Waals surface area contributed by atoms with Crippen molar-refractivity contribution in [1.29, 1.82) is 0 Å². The molecule has 0 saturated heterocycles. The molecular weight excluding hydrogens is 399 g/mol. The summed E-state index contributed by atoms with van der Waals surface area (Å²) in [5.74, 6) is 0.825. The second kappa shape index (κ2) is 6.50. The highest BCUT2D eigenvalue weighted by atomic mass is 35.5. The van der Waals surface area contributed by atoms with Crippen LogP contribution >= 0.6 is 46.1 Å². The predicted molar refractivity (Wildman–Crippen MR) is 107 cm³/mol. The minimum Gasteiger partial charge on any atom is -0.456 e. The summed E-state index contributed by atoms with van der Waals surface area (Å²) in [5, 5.41) is 2.52. The van der Waals surface area contributed by atoms with Crippen molar-refractivity contribution >= 4 is 66.3 Å². The van der Waals surface area contributed by atoms with Crippen molar-refractivity contribution in [1.82, 2.24) is 0 Å². The summed E-state index contributed by atoms with van der Waals surface area (Å²) in [6.07, 6.45) is 0. The molecule has 6 heteroatoms. The van der Waals surface area contributed by atoms with E-state index in [1.807, 2.05) is 24.3 Å². The Kier molecular flexibility index (Phi) is 4.34. The second-order valence-electron chi connectivity index (χ2n) is 5.41. The Morgan fingerprint density at radius 2 is 1.48 bits per heavy atom. The Bertz CT molecular complexity index is 1160. The molecule has 25 heavy (non-hydrogen) atoms. The van der Waals surface area contributed by atoms with Gasteiger partial charge < -0.3 is 4.74 Å². The molecule has 0 spiro atoms. The number of fused-ring (bicyclic) bond motifs is 2. The monoisotopic (exact) mass is 406 g/mol. The van der Waals surface area contributed by atoms with Gasteiger partial charge in [0.15, 0.2) is 5.43 Å². The van der Waals surface area contributed by atoms with Crippen LogP contribution in [0, 0.1) is 0 Å². The Morgan fingerprint density at radius 3 is 2.24 bits per heavy atom. The van der Waals surface area contributed by atoms with Crippen LogP contribution in [0.2, 0.25) is 15.1 Å². The van der Waals surface area contributed by atoms with E-state index in [0.29, 0.717) is 37.3 Å².